The van der Waals surface area contributed by atoms with Gasteiger partial charge in [0.25, 0.3) is 5.56 Å². The summed E-state index contributed by atoms with van der Waals surface area (Å²) in [5.41, 5.74) is 5.75. The zero-order chi connectivity index (χ0) is 23.7. The molecule has 0 aliphatic carbocycles. The SMILES string of the molecule is CCCCN(C(=O)CN(C[C@H](O)CC)c1ccccc1)c1c(N)n(CCC)c(=O)[nH]c1=O. The summed E-state index contributed by atoms with van der Waals surface area (Å²) in [5, 5.41) is 10.2. The molecule has 0 saturated heterocycles. The second-order valence-electron chi connectivity index (χ2n) is 7.82. The van der Waals surface area contributed by atoms with Gasteiger partial charge in [-0.15, -0.1) is 0 Å². The fourth-order valence-corrected chi connectivity index (χ4v) is 3.49. The Kier molecular flexibility index (Phi) is 9.52. The van der Waals surface area contributed by atoms with Crippen molar-refractivity contribution in [1.82, 2.24) is 9.55 Å². The molecule has 4 N–H and O–H groups in total. The molecule has 0 aliphatic rings. The first kappa shape index (κ1) is 25.2. The Bertz CT molecular complexity index is 986. The number of nitrogens with two attached hydrogens (primary N) is 1. The molecular weight excluding hydrogens is 410 g/mol. The average Bonchev–Trinajstić information content (AvgIpc) is 2.78. The molecule has 2 aromatic rings. The molecule has 0 saturated carbocycles. The number of aromatic amines is 1. The van der Waals surface area contributed by atoms with Crippen LogP contribution in [0.3, 0.4) is 0 Å². The minimum absolute atomic E-state index is 0.000511. The number of amides is 1. The van der Waals surface area contributed by atoms with Crippen LogP contribution in [0, 0.1) is 0 Å². The number of aliphatic hydroxyl groups is 1. The predicted molar refractivity (Wildman–Crippen MR) is 128 cm³/mol. The van der Waals surface area contributed by atoms with E-state index in [9.17, 15) is 19.5 Å². The van der Waals surface area contributed by atoms with Crippen molar-refractivity contribution in [3.8, 4) is 0 Å². The Morgan fingerprint density at radius 2 is 1.84 bits per heavy atom. The van der Waals surface area contributed by atoms with E-state index in [4.69, 9.17) is 5.73 Å². The van der Waals surface area contributed by atoms with E-state index >= 15 is 0 Å². The molecule has 1 amide bonds. The van der Waals surface area contributed by atoms with Gasteiger partial charge in [-0.25, -0.2) is 4.79 Å². The van der Waals surface area contributed by atoms with Gasteiger partial charge in [-0.05, 0) is 31.4 Å². The summed E-state index contributed by atoms with van der Waals surface area (Å²) < 4.78 is 1.29. The van der Waals surface area contributed by atoms with E-state index in [1.165, 1.54) is 9.47 Å². The number of benzene rings is 1. The summed E-state index contributed by atoms with van der Waals surface area (Å²) in [5.74, 6) is -0.339. The lowest BCUT2D eigenvalue weighted by molar-refractivity contribution is -0.117. The van der Waals surface area contributed by atoms with Gasteiger partial charge in [0.2, 0.25) is 5.91 Å². The molecule has 176 valence electrons. The summed E-state index contributed by atoms with van der Waals surface area (Å²) >= 11 is 0. The fourth-order valence-electron chi connectivity index (χ4n) is 3.49. The number of aliphatic hydroxyl groups excluding tert-OH is 1. The van der Waals surface area contributed by atoms with Gasteiger partial charge in [0.1, 0.15) is 5.82 Å². The molecule has 9 nitrogen and oxygen atoms in total. The van der Waals surface area contributed by atoms with Crippen molar-refractivity contribution in [2.75, 3.05) is 35.2 Å². The molecule has 0 aliphatic heterocycles. The zero-order valence-electron chi connectivity index (χ0n) is 19.2. The van der Waals surface area contributed by atoms with Crippen LogP contribution in [0.4, 0.5) is 17.2 Å². The average molecular weight is 446 g/mol. The monoisotopic (exact) mass is 445 g/mol. The van der Waals surface area contributed by atoms with E-state index in [0.717, 1.165) is 12.1 Å². The quantitative estimate of drug-likeness (QED) is 0.459. The maximum Gasteiger partial charge on any atom is 0.330 e. The Hall–Kier alpha value is -3.07. The molecule has 1 aromatic carbocycles. The first-order chi connectivity index (χ1) is 15.3. The minimum atomic E-state index is -0.677. The summed E-state index contributed by atoms with van der Waals surface area (Å²) in [4.78, 5) is 43.9. The van der Waals surface area contributed by atoms with Gasteiger partial charge in [0.05, 0.1) is 12.6 Å². The van der Waals surface area contributed by atoms with Crippen LogP contribution in [-0.2, 0) is 11.3 Å². The molecule has 1 atom stereocenters. The van der Waals surface area contributed by atoms with Crippen molar-refractivity contribution in [2.45, 2.75) is 59.1 Å². The third-order valence-electron chi connectivity index (χ3n) is 5.32. The molecule has 0 fully saturated rings. The van der Waals surface area contributed by atoms with Gasteiger partial charge in [-0.3, -0.25) is 19.1 Å². The highest BCUT2D eigenvalue weighted by Gasteiger charge is 2.26. The number of H-pyrrole nitrogens is 1. The van der Waals surface area contributed by atoms with Crippen LogP contribution >= 0.6 is 0 Å². The van der Waals surface area contributed by atoms with E-state index in [-0.39, 0.29) is 30.5 Å². The van der Waals surface area contributed by atoms with Crippen molar-refractivity contribution in [1.29, 1.82) is 0 Å². The maximum atomic E-state index is 13.5. The van der Waals surface area contributed by atoms with Crippen LogP contribution in [0.25, 0.3) is 0 Å². The second-order valence-corrected chi connectivity index (χ2v) is 7.82. The highest BCUT2D eigenvalue weighted by molar-refractivity contribution is 5.98. The van der Waals surface area contributed by atoms with Crippen LogP contribution in [0.5, 0.6) is 0 Å². The van der Waals surface area contributed by atoms with E-state index in [2.05, 4.69) is 4.98 Å². The van der Waals surface area contributed by atoms with Crippen molar-refractivity contribution < 1.29 is 9.90 Å². The van der Waals surface area contributed by atoms with Crippen molar-refractivity contribution in [3.05, 3.63) is 51.2 Å². The number of carbonyl (C=O) groups excluding carboxylic acids is 1. The van der Waals surface area contributed by atoms with Gasteiger partial charge in [0, 0.05) is 25.3 Å². The number of carbonyl (C=O) groups is 1. The molecule has 32 heavy (non-hydrogen) atoms. The van der Waals surface area contributed by atoms with Crippen LogP contribution in [0.2, 0.25) is 0 Å². The molecule has 1 heterocycles. The standard InChI is InChI=1S/C23H35N5O4/c1-4-7-14-27(20-21(24)28(13-5-2)23(32)25-22(20)31)19(30)16-26(15-18(29)6-3)17-11-9-8-10-12-17/h8-12,18,29H,4-7,13-16,24H2,1-3H3,(H,25,31,32)/t18-/m1/s1. The lowest BCUT2D eigenvalue weighted by Gasteiger charge is -2.30. The topological polar surface area (TPSA) is 125 Å². The third kappa shape index (κ3) is 6.23. The molecule has 0 radical (unpaired) electrons. The van der Waals surface area contributed by atoms with E-state index in [1.54, 1.807) is 4.90 Å². The number of hydrogen-bond acceptors (Lipinski definition) is 6. The minimum Gasteiger partial charge on any atom is -0.391 e. The van der Waals surface area contributed by atoms with E-state index in [0.29, 0.717) is 32.4 Å². The van der Waals surface area contributed by atoms with Crippen LogP contribution in [0.15, 0.2) is 39.9 Å². The zero-order valence-corrected chi connectivity index (χ0v) is 19.2. The third-order valence-corrected chi connectivity index (χ3v) is 5.32. The van der Waals surface area contributed by atoms with Gasteiger partial charge in [0.15, 0.2) is 5.69 Å². The predicted octanol–water partition coefficient (Wildman–Crippen LogP) is 1.94. The lowest BCUT2D eigenvalue weighted by Crippen LogP contribution is -2.47. The first-order valence-electron chi connectivity index (χ1n) is 11.2. The van der Waals surface area contributed by atoms with E-state index < -0.39 is 17.4 Å². The number of unbranched alkanes of at least 4 members (excludes halogenated alkanes) is 1. The van der Waals surface area contributed by atoms with Gasteiger partial charge in [-0.2, -0.15) is 0 Å². The molecule has 0 bridgehead atoms. The number of para-hydroxylation sites is 1. The number of anilines is 3. The first-order valence-corrected chi connectivity index (χ1v) is 11.2. The largest absolute Gasteiger partial charge is 0.391 e. The molecule has 2 rings (SSSR count). The summed E-state index contributed by atoms with van der Waals surface area (Å²) in [7, 11) is 0. The normalized spacial score (nSPS) is 11.9. The number of nitrogen functional groups attached to an aromatic ring is 1. The van der Waals surface area contributed by atoms with Crippen molar-refractivity contribution >= 4 is 23.1 Å². The molecular formula is C23H35N5O4. The molecule has 0 unspecified atom stereocenters. The number of hydrogen-bond donors (Lipinski definition) is 3. The van der Waals surface area contributed by atoms with Crippen molar-refractivity contribution in [2.24, 2.45) is 0 Å². The van der Waals surface area contributed by atoms with Crippen LogP contribution in [-0.4, -0.2) is 46.3 Å². The number of nitrogens with zero attached hydrogens (tertiary/aromatic N) is 3. The van der Waals surface area contributed by atoms with Crippen LogP contribution in [0.1, 0.15) is 46.5 Å². The smallest absolute Gasteiger partial charge is 0.330 e. The Morgan fingerprint density at radius 3 is 2.44 bits per heavy atom. The van der Waals surface area contributed by atoms with Crippen molar-refractivity contribution in [3.63, 3.8) is 0 Å². The second kappa shape index (κ2) is 12.1. The number of nitrogens with one attached hydrogen (secondary N) is 1. The Morgan fingerprint density at radius 1 is 1.16 bits per heavy atom. The maximum absolute atomic E-state index is 13.5. The number of rotatable bonds is 12. The van der Waals surface area contributed by atoms with Gasteiger partial charge in [-0.1, -0.05) is 45.4 Å². The number of aromatic nitrogens is 2. The fraction of sp³-hybridized carbons (Fsp3) is 0.522. The van der Waals surface area contributed by atoms with Crippen LogP contribution < -0.4 is 26.8 Å². The van der Waals surface area contributed by atoms with Gasteiger partial charge < -0.3 is 20.6 Å². The Balaban J connectivity index is 2.46. The highest BCUT2D eigenvalue weighted by Crippen LogP contribution is 2.20. The molecule has 1 aromatic heterocycles. The summed E-state index contributed by atoms with van der Waals surface area (Å²) in [6.07, 6.45) is 2.07. The Labute approximate surface area is 188 Å². The summed E-state index contributed by atoms with van der Waals surface area (Å²) in [6, 6.07) is 9.35. The molecule has 9 heteroatoms. The van der Waals surface area contributed by atoms with E-state index in [1.807, 2.05) is 51.1 Å². The van der Waals surface area contributed by atoms with Gasteiger partial charge >= 0.3 is 5.69 Å². The lowest BCUT2D eigenvalue weighted by atomic mass is 10.2. The highest BCUT2D eigenvalue weighted by atomic mass is 16.3. The molecule has 0 spiro atoms. The summed E-state index contributed by atoms with van der Waals surface area (Å²) in [6.45, 7) is 6.62.